The lowest BCUT2D eigenvalue weighted by molar-refractivity contribution is 0.0894. The van der Waals surface area contributed by atoms with Crippen LogP contribution >= 0.6 is 0 Å². The van der Waals surface area contributed by atoms with E-state index in [1.165, 1.54) is 32.1 Å². The maximum absolute atomic E-state index is 5.97. The summed E-state index contributed by atoms with van der Waals surface area (Å²) in [6.07, 6.45) is 8.36. The molecule has 1 aliphatic carbocycles. The van der Waals surface area contributed by atoms with Gasteiger partial charge in [-0.2, -0.15) is 0 Å². The molecule has 1 aliphatic rings. The van der Waals surface area contributed by atoms with Gasteiger partial charge in [-0.25, -0.2) is 0 Å². The summed E-state index contributed by atoms with van der Waals surface area (Å²) in [5.74, 6) is 2.58. The predicted molar refractivity (Wildman–Crippen MR) is 78.8 cm³/mol. The van der Waals surface area contributed by atoms with Gasteiger partial charge >= 0.3 is 0 Å². The minimum absolute atomic E-state index is 0.611. The molecule has 0 radical (unpaired) electrons. The SMILES string of the molecule is CCCC1CCC(CN)C(N(C)Cc2ccco2)C1. The molecule has 1 aromatic rings. The van der Waals surface area contributed by atoms with E-state index in [-0.39, 0.29) is 0 Å². The molecule has 19 heavy (non-hydrogen) atoms. The minimum atomic E-state index is 0.611. The molecule has 108 valence electrons. The van der Waals surface area contributed by atoms with Crippen LogP contribution in [0.15, 0.2) is 22.8 Å². The number of nitrogens with zero attached hydrogens (tertiary/aromatic N) is 1. The van der Waals surface area contributed by atoms with E-state index < -0.39 is 0 Å². The highest BCUT2D eigenvalue weighted by molar-refractivity contribution is 4.99. The molecule has 1 saturated carbocycles. The Hall–Kier alpha value is -0.800. The highest BCUT2D eigenvalue weighted by Gasteiger charge is 2.32. The van der Waals surface area contributed by atoms with E-state index >= 15 is 0 Å². The van der Waals surface area contributed by atoms with Crippen molar-refractivity contribution in [2.45, 2.75) is 51.6 Å². The first-order chi connectivity index (χ1) is 9.24. The molecule has 0 spiro atoms. The zero-order valence-electron chi connectivity index (χ0n) is 12.3. The van der Waals surface area contributed by atoms with E-state index in [0.717, 1.165) is 24.8 Å². The number of furan rings is 1. The van der Waals surface area contributed by atoms with Gasteiger partial charge in [-0.15, -0.1) is 0 Å². The molecule has 3 unspecified atom stereocenters. The second-order valence-corrected chi connectivity index (χ2v) is 6.03. The lowest BCUT2D eigenvalue weighted by Gasteiger charge is -2.40. The van der Waals surface area contributed by atoms with Crippen LogP contribution in [-0.4, -0.2) is 24.5 Å². The Labute approximate surface area is 117 Å². The largest absolute Gasteiger partial charge is 0.468 e. The summed E-state index contributed by atoms with van der Waals surface area (Å²) in [5.41, 5.74) is 5.97. The zero-order chi connectivity index (χ0) is 13.7. The molecule has 0 aliphatic heterocycles. The van der Waals surface area contributed by atoms with Crippen molar-refractivity contribution in [3.8, 4) is 0 Å². The number of rotatable bonds is 6. The Bertz CT molecular complexity index is 350. The Balaban J connectivity index is 1.96. The van der Waals surface area contributed by atoms with Crippen LogP contribution < -0.4 is 5.73 Å². The van der Waals surface area contributed by atoms with Gasteiger partial charge in [-0.05, 0) is 50.4 Å². The van der Waals surface area contributed by atoms with Crippen LogP contribution in [0.4, 0.5) is 0 Å². The van der Waals surface area contributed by atoms with Crippen molar-refractivity contribution in [3.63, 3.8) is 0 Å². The van der Waals surface area contributed by atoms with Crippen LogP contribution in [0.3, 0.4) is 0 Å². The zero-order valence-corrected chi connectivity index (χ0v) is 12.3. The van der Waals surface area contributed by atoms with Crippen LogP contribution in [-0.2, 0) is 6.54 Å². The van der Waals surface area contributed by atoms with Crippen LogP contribution in [0.1, 0.15) is 44.8 Å². The molecule has 1 heterocycles. The van der Waals surface area contributed by atoms with Crippen molar-refractivity contribution in [2.24, 2.45) is 17.6 Å². The maximum atomic E-state index is 5.97. The third-order valence-electron chi connectivity index (χ3n) is 4.62. The van der Waals surface area contributed by atoms with E-state index in [9.17, 15) is 0 Å². The summed E-state index contributed by atoms with van der Waals surface area (Å²) in [5, 5.41) is 0. The smallest absolute Gasteiger partial charge is 0.117 e. The summed E-state index contributed by atoms with van der Waals surface area (Å²) >= 11 is 0. The molecule has 0 aromatic carbocycles. The molecule has 1 fully saturated rings. The molecular formula is C16H28N2O. The van der Waals surface area contributed by atoms with Crippen LogP contribution in [0.25, 0.3) is 0 Å². The highest BCUT2D eigenvalue weighted by Crippen LogP contribution is 2.34. The maximum Gasteiger partial charge on any atom is 0.117 e. The Morgan fingerprint density at radius 2 is 2.26 bits per heavy atom. The Morgan fingerprint density at radius 3 is 2.89 bits per heavy atom. The fourth-order valence-corrected chi connectivity index (χ4v) is 3.54. The predicted octanol–water partition coefficient (Wildman–Crippen LogP) is 3.26. The summed E-state index contributed by atoms with van der Waals surface area (Å²) in [6, 6.07) is 4.63. The number of hydrogen-bond donors (Lipinski definition) is 1. The molecular weight excluding hydrogens is 236 g/mol. The molecule has 1 aromatic heterocycles. The standard InChI is InChI=1S/C16H28N2O/c1-3-5-13-7-8-14(11-17)16(10-13)18(2)12-15-6-4-9-19-15/h4,6,9,13-14,16H,3,5,7-8,10-12,17H2,1-2H3. The summed E-state index contributed by atoms with van der Waals surface area (Å²) in [6.45, 7) is 4.00. The van der Waals surface area contributed by atoms with Gasteiger partial charge in [-0.1, -0.05) is 26.2 Å². The topological polar surface area (TPSA) is 42.4 Å². The van der Waals surface area contributed by atoms with E-state index in [1.54, 1.807) is 6.26 Å². The third kappa shape index (κ3) is 3.83. The first kappa shape index (κ1) is 14.6. The first-order valence-electron chi connectivity index (χ1n) is 7.67. The molecule has 3 nitrogen and oxygen atoms in total. The molecule has 2 rings (SSSR count). The Morgan fingerprint density at radius 1 is 1.42 bits per heavy atom. The van der Waals surface area contributed by atoms with Crippen LogP contribution in [0, 0.1) is 11.8 Å². The van der Waals surface area contributed by atoms with Crippen molar-refractivity contribution in [2.75, 3.05) is 13.6 Å². The molecule has 0 amide bonds. The van der Waals surface area contributed by atoms with Gasteiger partial charge in [0.05, 0.1) is 12.8 Å². The first-order valence-corrected chi connectivity index (χ1v) is 7.67. The fraction of sp³-hybridized carbons (Fsp3) is 0.750. The monoisotopic (exact) mass is 264 g/mol. The molecule has 2 N–H and O–H groups in total. The van der Waals surface area contributed by atoms with E-state index in [1.807, 2.05) is 6.07 Å². The van der Waals surface area contributed by atoms with Gasteiger partial charge in [-0.3, -0.25) is 4.90 Å². The number of hydrogen-bond acceptors (Lipinski definition) is 3. The van der Waals surface area contributed by atoms with Crippen molar-refractivity contribution < 1.29 is 4.42 Å². The average molecular weight is 264 g/mol. The molecule has 3 heteroatoms. The Kier molecular flexibility index (Phi) is 5.46. The van der Waals surface area contributed by atoms with Gasteiger partial charge in [0.25, 0.3) is 0 Å². The van der Waals surface area contributed by atoms with Crippen LogP contribution in [0.2, 0.25) is 0 Å². The van der Waals surface area contributed by atoms with E-state index in [4.69, 9.17) is 10.2 Å². The van der Waals surface area contributed by atoms with Crippen LogP contribution in [0.5, 0.6) is 0 Å². The number of nitrogens with two attached hydrogens (primary N) is 1. The van der Waals surface area contributed by atoms with Gasteiger partial charge in [0.1, 0.15) is 5.76 Å². The molecule has 0 saturated heterocycles. The fourth-order valence-electron chi connectivity index (χ4n) is 3.54. The third-order valence-corrected chi connectivity index (χ3v) is 4.62. The second kappa shape index (κ2) is 7.11. The summed E-state index contributed by atoms with van der Waals surface area (Å²) in [7, 11) is 2.21. The summed E-state index contributed by atoms with van der Waals surface area (Å²) < 4.78 is 5.47. The van der Waals surface area contributed by atoms with Crippen molar-refractivity contribution in [1.29, 1.82) is 0 Å². The average Bonchev–Trinajstić information content (AvgIpc) is 2.92. The molecule has 3 atom stereocenters. The minimum Gasteiger partial charge on any atom is -0.468 e. The van der Waals surface area contributed by atoms with Gasteiger partial charge in [0.2, 0.25) is 0 Å². The second-order valence-electron chi connectivity index (χ2n) is 6.03. The molecule has 0 bridgehead atoms. The van der Waals surface area contributed by atoms with E-state index in [0.29, 0.717) is 12.0 Å². The quantitative estimate of drug-likeness (QED) is 0.857. The van der Waals surface area contributed by atoms with Gasteiger partial charge in [0, 0.05) is 6.04 Å². The van der Waals surface area contributed by atoms with E-state index in [2.05, 4.69) is 24.9 Å². The normalized spacial score (nSPS) is 27.9. The van der Waals surface area contributed by atoms with Crippen molar-refractivity contribution >= 4 is 0 Å². The van der Waals surface area contributed by atoms with Crippen molar-refractivity contribution in [1.82, 2.24) is 4.90 Å². The summed E-state index contributed by atoms with van der Waals surface area (Å²) in [4.78, 5) is 2.44. The van der Waals surface area contributed by atoms with Gasteiger partial charge in [0.15, 0.2) is 0 Å². The van der Waals surface area contributed by atoms with Crippen molar-refractivity contribution in [3.05, 3.63) is 24.2 Å². The lowest BCUT2D eigenvalue weighted by Crippen LogP contribution is -2.44. The highest BCUT2D eigenvalue weighted by atomic mass is 16.3. The van der Waals surface area contributed by atoms with Gasteiger partial charge < -0.3 is 10.2 Å². The lowest BCUT2D eigenvalue weighted by atomic mass is 9.76.